The van der Waals surface area contributed by atoms with Crippen molar-refractivity contribution in [2.75, 3.05) is 27.8 Å². The fourth-order valence-electron chi connectivity index (χ4n) is 3.05. The monoisotopic (exact) mass is 467 g/mol. The molecule has 1 aliphatic heterocycles. The molecule has 34 heavy (non-hydrogen) atoms. The van der Waals surface area contributed by atoms with Crippen molar-refractivity contribution < 1.29 is 34.1 Å². The van der Waals surface area contributed by atoms with Gasteiger partial charge < -0.3 is 24.6 Å². The van der Waals surface area contributed by atoms with Crippen LogP contribution >= 0.6 is 0 Å². The van der Waals surface area contributed by atoms with Crippen LogP contribution in [0.4, 0.5) is 0 Å². The maximum Gasteiger partial charge on any atom is 0.222 e. The number of rotatable bonds is 8. The quantitative estimate of drug-likeness (QED) is 0.450. The molecule has 2 aromatic rings. The molecule has 0 spiro atoms. The number of amides is 1. The third-order valence-corrected chi connectivity index (χ3v) is 4.99. The number of likely N-dealkylation sites (tertiary alicyclic amines) is 1. The van der Waals surface area contributed by atoms with Gasteiger partial charge in [-0.15, -0.1) is 0 Å². The van der Waals surface area contributed by atoms with E-state index in [1.54, 1.807) is 41.3 Å². The van der Waals surface area contributed by atoms with Gasteiger partial charge in [-0.25, -0.2) is 0 Å². The van der Waals surface area contributed by atoms with Crippen LogP contribution in [-0.4, -0.2) is 60.4 Å². The van der Waals surface area contributed by atoms with Gasteiger partial charge in [0.25, 0.3) is 0 Å². The van der Waals surface area contributed by atoms with E-state index in [-0.39, 0.29) is 29.5 Å². The van der Waals surface area contributed by atoms with Crippen LogP contribution < -0.4 is 9.47 Å². The maximum atomic E-state index is 11.9. The van der Waals surface area contributed by atoms with Crippen molar-refractivity contribution in [3.63, 3.8) is 0 Å². The van der Waals surface area contributed by atoms with E-state index in [1.165, 1.54) is 38.5 Å². The van der Waals surface area contributed by atoms with Gasteiger partial charge in [0.15, 0.2) is 34.6 Å². The first-order valence-electron chi connectivity index (χ1n) is 10.6. The lowest BCUT2D eigenvalue weighted by molar-refractivity contribution is -0.126. The number of allylic oxidation sites excluding steroid dienone is 2. The van der Waals surface area contributed by atoms with E-state index < -0.39 is 0 Å². The highest BCUT2D eigenvalue weighted by Crippen LogP contribution is 2.27. The number of aromatic hydroxyl groups is 2. The molecule has 1 heterocycles. The smallest absolute Gasteiger partial charge is 0.222 e. The van der Waals surface area contributed by atoms with Crippen LogP contribution in [0.15, 0.2) is 48.6 Å². The highest BCUT2D eigenvalue weighted by molar-refractivity contribution is 6.10. The first kappa shape index (κ1) is 26.2. The van der Waals surface area contributed by atoms with Crippen molar-refractivity contribution >= 4 is 29.6 Å². The zero-order chi connectivity index (χ0) is 25.1. The Labute approximate surface area is 198 Å². The molecule has 0 saturated carbocycles. The van der Waals surface area contributed by atoms with Gasteiger partial charge in [-0.3, -0.25) is 14.4 Å². The average Bonchev–Trinajstić information content (AvgIpc) is 3.20. The second kappa shape index (κ2) is 12.8. The van der Waals surface area contributed by atoms with E-state index in [0.29, 0.717) is 28.5 Å². The Morgan fingerprint density at radius 1 is 0.912 bits per heavy atom. The summed E-state index contributed by atoms with van der Waals surface area (Å²) in [4.78, 5) is 36.1. The predicted molar refractivity (Wildman–Crippen MR) is 129 cm³/mol. The number of hydrogen-bond donors (Lipinski definition) is 2. The summed E-state index contributed by atoms with van der Waals surface area (Å²) in [5.41, 5.74) is 1.33. The summed E-state index contributed by atoms with van der Waals surface area (Å²) in [7, 11) is 4.71. The molecule has 8 nitrogen and oxygen atoms in total. The molecule has 2 aromatic carbocycles. The number of phenols is 2. The Kier molecular flexibility index (Phi) is 9.89. The SMILES string of the molecule is CN1CCCC1=O.COc1cc(/C=C/C(=O)CC(=O)/C=C/c2ccc(O)c(OC)c2)ccc1O. The van der Waals surface area contributed by atoms with E-state index in [2.05, 4.69) is 0 Å². The number of nitrogens with zero attached hydrogens (tertiary/aromatic N) is 1. The number of benzene rings is 2. The molecule has 0 unspecified atom stereocenters. The van der Waals surface area contributed by atoms with Gasteiger partial charge in [0.05, 0.1) is 20.6 Å². The number of phenolic OH excluding ortho intramolecular Hbond substituents is 2. The normalized spacial score (nSPS) is 13.1. The molecule has 8 heteroatoms. The second-order valence-corrected chi connectivity index (χ2v) is 7.56. The fourth-order valence-corrected chi connectivity index (χ4v) is 3.05. The van der Waals surface area contributed by atoms with Gasteiger partial charge in [-0.1, -0.05) is 24.3 Å². The fraction of sp³-hybridized carbons (Fsp3) is 0.269. The van der Waals surface area contributed by atoms with Crippen molar-refractivity contribution in [3.05, 3.63) is 59.7 Å². The molecular weight excluding hydrogens is 438 g/mol. The second-order valence-electron chi connectivity index (χ2n) is 7.56. The predicted octanol–water partition coefficient (Wildman–Crippen LogP) is 3.61. The largest absolute Gasteiger partial charge is 0.504 e. The van der Waals surface area contributed by atoms with Crippen molar-refractivity contribution in [2.24, 2.45) is 0 Å². The van der Waals surface area contributed by atoms with Crippen LogP contribution in [0, 0.1) is 0 Å². The lowest BCUT2D eigenvalue weighted by Crippen LogP contribution is -2.17. The van der Waals surface area contributed by atoms with Crippen molar-refractivity contribution in [3.8, 4) is 23.0 Å². The van der Waals surface area contributed by atoms with E-state index in [1.807, 2.05) is 7.05 Å². The minimum atomic E-state index is -0.347. The summed E-state index contributed by atoms with van der Waals surface area (Å²) in [5, 5.41) is 19.1. The molecule has 0 radical (unpaired) electrons. The Morgan fingerprint density at radius 3 is 1.71 bits per heavy atom. The Hall–Kier alpha value is -4.07. The highest BCUT2D eigenvalue weighted by Gasteiger charge is 2.14. The number of ketones is 2. The van der Waals surface area contributed by atoms with Crippen LogP contribution in [-0.2, 0) is 14.4 Å². The third-order valence-electron chi connectivity index (χ3n) is 4.99. The maximum absolute atomic E-state index is 11.9. The van der Waals surface area contributed by atoms with Crippen LogP contribution in [0.5, 0.6) is 23.0 Å². The zero-order valence-electron chi connectivity index (χ0n) is 19.5. The van der Waals surface area contributed by atoms with Crippen molar-refractivity contribution in [1.82, 2.24) is 4.90 Å². The zero-order valence-corrected chi connectivity index (χ0v) is 19.5. The van der Waals surface area contributed by atoms with E-state index in [0.717, 1.165) is 19.4 Å². The van der Waals surface area contributed by atoms with E-state index in [9.17, 15) is 24.6 Å². The number of carbonyl (C=O) groups is 3. The minimum Gasteiger partial charge on any atom is -0.504 e. The summed E-state index contributed by atoms with van der Waals surface area (Å²) >= 11 is 0. The van der Waals surface area contributed by atoms with E-state index >= 15 is 0 Å². The topological polar surface area (TPSA) is 113 Å². The van der Waals surface area contributed by atoms with Crippen molar-refractivity contribution in [2.45, 2.75) is 19.3 Å². The Morgan fingerprint density at radius 2 is 1.38 bits per heavy atom. The lowest BCUT2D eigenvalue weighted by atomic mass is 10.1. The summed E-state index contributed by atoms with van der Waals surface area (Å²) in [6.07, 6.45) is 7.25. The molecule has 0 aliphatic carbocycles. The van der Waals surface area contributed by atoms with Crippen LogP contribution in [0.25, 0.3) is 12.2 Å². The molecule has 180 valence electrons. The summed E-state index contributed by atoms with van der Waals surface area (Å²) in [5.74, 6) is 0.208. The molecule has 1 fully saturated rings. The lowest BCUT2D eigenvalue weighted by Gasteiger charge is -2.03. The molecule has 1 amide bonds. The van der Waals surface area contributed by atoms with Crippen molar-refractivity contribution in [1.29, 1.82) is 0 Å². The van der Waals surface area contributed by atoms with Crippen LogP contribution in [0.3, 0.4) is 0 Å². The molecule has 3 rings (SSSR count). The Balaban J connectivity index is 0.000000497. The van der Waals surface area contributed by atoms with Gasteiger partial charge in [0, 0.05) is 20.0 Å². The van der Waals surface area contributed by atoms with Gasteiger partial charge in [-0.2, -0.15) is 0 Å². The average molecular weight is 468 g/mol. The van der Waals surface area contributed by atoms with Crippen LogP contribution in [0.2, 0.25) is 0 Å². The number of carbonyl (C=O) groups excluding carboxylic acids is 3. The molecule has 0 aromatic heterocycles. The number of hydrogen-bond acceptors (Lipinski definition) is 7. The number of methoxy groups -OCH3 is 2. The molecule has 1 aliphatic rings. The summed E-state index contributed by atoms with van der Waals surface area (Å²) in [6, 6.07) is 9.34. The Bertz CT molecular complexity index is 1020. The molecule has 0 atom stereocenters. The minimum absolute atomic E-state index is 0.00662. The third kappa shape index (κ3) is 8.12. The summed E-state index contributed by atoms with van der Waals surface area (Å²) in [6.45, 7) is 0.957. The van der Waals surface area contributed by atoms with Crippen LogP contribution in [0.1, 0.15) is 30.4 Å². The van der Waals surface area contributed by atoms with Gasteiger partial charge in [0.1, 0.15) is 0 Å². The molecular formula is C26H29NO7. The number of ether oxygens (including phenoxy) is 2. The standard InChI is InChI=1S/C21H20O6.C5H9NO/c1-26-20-11-14(5-9-18(20)24)3-7-16(22)13-17(23)8-4-15-6-10-19(25)21(12-15)27-2;1-6-4-2-3-5(6)7/h3-12,24-25H,13H2,1-2H3;2-4H2,1H3/b7-3+,8-4+;. The summed E-state index contributed by atoms with van der Waals surface area (Å²) < 4.78 is 10.00. The first-order valence-corrected chi connectivity index (χ1v) is 10.6. The van der Waals surface area contributed by atoms with Gasteiger partial charge >= 0.3 is 0 Å². The van der Waals surface area contributed by atoms with E-state index in [4.69, 9.17) is 9.47 Å². The molecule has 0 bridgehead atoms. The van der Waals surface area contributed by atoms with Gasteiger partial charge in [-0.05, 0) is 54.0 Å². The van der Waals surface area contributed by atoms with Gasteiger partial charge in [0.2, 0.25) is 5.91 Å². The highest BCUT2D eigenvalue weighted by atomic mass is 16.5. The molecule has 2 N–H and O–H groups in total. The molecule has 1 saturated heterocycles. The first-order chi connectivity index (χ1) is 16.2.